The summed E-state index contributed by atoms with van der Waals surface area (Å²) in [4.78, 5) is 31.6. The van der Waals surface area contributed by atoms with Gasteiger partial charge in [-0.05, 0) is 51.0 Å². The van der Waals surface area contributed by atoms with Crippen LogP contribution in [0.15, 0.2) is 48.8 Å². The Labute approximate surface area is 203 Å². The number of aromatic nitrogens is 2. The van der Waals surface area contributed by atoms with Crippen LogP contribution in [-0.2, 0) is 20.7 Å². The zero-order valence-electron chi connectivity index (χ0n) is 20.8. The summed E-state index contributed by atoms with van der Waals surface area (Å²) in [6, 6.07) is 8.17. The van der Waals surface area contributed by atoms with Crippen LogP contribution in [0.2, 0.25) is 0 Å². The fourth-order valence-corrected chi connectivity index (χ4v) is 3.60. The van der Waals surface area contributed by atoms with E-state index in [1.54, 1.807) is 0 Å². The van der Waals surface area contributed by atoms with E-state index >= 15 is 0 Å². The Balaban J connectivity index is 1.73. The van der Waals surface area contributed by atoms with Gasteiger partial charge < -0.3 is 9.47 Å². The zero-order chi connectivity index (χ0) is 24.6. The number of esters is 2. The molecule has 184 valence electrons. The third kappa shape index (κ3) is 11.2. The molecule has 0 aliphatic rings. The lowest BCUT2D eigenvalue weighted by Crippen LogP contribution is -2.11. The van der Waals surface area contributed by atoms with Gasteiger partial charge in [0.15, 0.2) is 11.6 Å². The molecule has 1 aromatic heterocycles. The largest absolute Gasteiger partial charge is 0.463 e. The van der Waals surface area contributed by atoms with Crippen molar-refractivity contribution in [2.75, 3.05) is 0 Å². The Morgan fingerprint density at radius 3 is 2.38 bits per heavy atom. The molecule has 0 radical (unpaired) electrons. The van der Waals surface area contributed by atoms with Crippen molar-refractivity contribution in [1.29, 1.82) is 0 Å². The van der Waals surface area contributed by atoms with Crippen LogP contribution < -0.4 is 4.74 Å². The van der Waals surface area contributed by atoms with E-state index in [-0.39, 0.29) is 24.5 Å². The molecule has 1 aromatic carbocycles. The van der Waals surface area contributed by atoms with Crippen LogP contribution in [0.1, 0.15) is 84.1 Å². The van der Waals surface area contributed by atoms with Gasteiger partial charge >= 0.3 is 11.9 Å². The molecule has 0 bridgehead atoms. The molecule has 0 N–H and O–H groups in total. The minimum atomic E-state index is -0.312. The quantitative estimate of drug-likeness (QED) is 0.166. The molecule has 0 fully saturated rings. The fourth-order valence-electron chi connectivity index (χ4n) is 3.60. The smallest absolute Gasteiger partial charge is 0.315 e. The van der Waals surface area contributed by atoms with Gasteiger partial charge in [-0.2, -0.15) is 0 Å². The van der Waals surface area contributed by atoms with Crippen molar-refractivity contribution in [3.05, 3.63) is 54.4 Å². The maximum Gasteiger partial charge on any atom is 0.315 e. The topological polar surface area (TPSA) is 78.4 Å². The van der Waals surface area contributed by atoms with Gasteiger partial charge in [-0.3, -0.25) is 9.59 Å². The van der Waals surface area contributed by atoms with Crippen LogP contribution in [0, 0.1) is 0 Å². The number of carbonyl (C=O) groups excluding carboxylic acids is 2. The van der Waals surface area contributed by atoms with Crippen LogP contribution in [0.3, 0.4) is 0 Å². The Morgan fingerprint density at radius 1 is 0.971 bits per heavy atom. The van der Waals surface area contributed by atoms with Crippen molar-refractivity contribution in [2.24, 2.45) is 0 Å². The van der Waals surface area contributed by atoms with E-state index in [2.05, 4.69) is 29.0 Å². The summed E-state index contributed by atoms with van der Waals surface area (Å²) in [5.74, 6) is 0.406. The van der Waals surface area contributed by atoms with Gasteiger partial charge in [0.1, 0.15) is 0 Å². The number of nitrogens with zero attached hydrogens (tertiary/aromatic N) is 2. The lowest BCUT2D eigenvalue weighted by molar-refractivity contribution is -0.145. The maximum absolute atomic E-state index is 12.0. The van der Waals surface area contributed by atoms with Gasteiger partial charge in [-0.15, -0.1) is 0 Å². The molecule has 6 nitrogen and oxygen atoms in total. The number of hydrogen-bond donors (Lipinski definition) is 0. The predicted octanol–water partition coefficient (Wildman–Crippen LogP) is 6.63. The molecule has 2 aromatic rings. The van der Waals surface area contributed by atoms with Crippen molar-refractivity contribution >= 4 is 11.9 Å². The molecular weight excluding hydrogens is 428 g/mol. The van der Waals surface area contributed by atoms with Gasteiger partial charge in [0, 0.05) is 12.5 Å². The minimum absolute atomic E-state index is 0.0314. The van der Waals surface area contributed by atoms with E-state index < -0.39 is 0 Å². The first-order chi connectivity index (χ1) is 16.5. The SMILES string of the molecule is CCCCCC/C=C\CC(=O)Oc1cnc(-c2ccc(CCCCC(C)OC(C)=O)cc2)nc1. The van der Waals surface area contributed by atoms with E-state index in [1.165, 1.54) is 44.1 Å². The Hall–Kier alpha value is -3.02. The van der Waals surface area contributed by atoms with Crippen molar-refractivity contribution in [1.82, 2.24) is 9.97 Å². The first kappa shape index (κ1) is 27.2. The summed E-state index contributed by atoms with van der Waals surface area (Å²) >= 11 is 0. The monoisotopic (exact) mass is 466 g/mol. The average Bonchev–Trinajstić information content (AvgIpc) is 2.82. The molecule has 1 unspecified atom stereocenters. The number of benzene rings is 1. The third-order valence-electron chi connectivity index (χ3n) is 5.44. The predicted molar refractivity (Wildman–Crippen MR) is 134 cm³/mol. The molecule has 0 spiro atoms. The van der Waals surface area contributed by atoms with E-state index in [0.29, 0.717) is 11.6 Å². The Bertz CT molecular complexity index is 892. The number of allylic oxidation sites excluding steroid dienone is 1. The molecule has 2 rings (SSSR count). The molecule has 1 heterocycles. The molecule has 0 amide bonds. The Kier molecular flexibility index (Phi) is 12.6. The van der Waals surface area contributed by atoms with Crippen molar-refractivity contribution in [2.45, 2.75) is 91.1 Å². The van der Waals surface area contributed by atoms with Gasteiger partial charge in [0.05, 0.1) is 24.9 Å². The number of carbonyl (C=O) groups is 2. The molecule has 0 saturated heterocycles. The minimum Gasteiger partial charge on any atom is -0.463 e. The highest BCUT2D eigenvalue weighted by Gasteiger charge is 2.07. The Morgan fingerprint density at radius 2 is 1.71 bits per heavy atom. The number of aryl methyl sites for hydroxylation is 1. The first-order valence-corrected chi connectivity index (χ1v) is 12.4. The van der Waals surface area contributed by atoms with Crippen LogP contribution in [0.25, 0.3) is 11.4 Å². The van der Waals surface area contributed by atoms with Crippen molar-refractivity contribution in [3.63, 3.8) is 0 Å². The summed E-state index contributed by atoms with van der Waals surface area (Å²) in [5.41, 5.74) is 2.16. The third-order valence-corrected chi connectivity index (χ3v) is 5.44. The maximum atomic E-state index is 12.0. The van der Waals surface area contributed by atoms with Gasteiger partial charge in [0.25, 0.3) is 0 Å². The van der Waals surface area contributed by atoms with Crippen LogP contribution >= 0.6 is 0 Å². The molecule has 0 saturated carbocycles. The van der Waals surface area contributed by atoms with Crippen LogP contribution in [0.4, 0.5) is 0 Å². The highest BCUT2D eigenvalue weighted by molar-refractivity contribution is 5.73. The molecule has 6 heteroatoms. The zero-order valence-corrected chi connectivity index (χ0v) is 20.8. The molecule has 34 heavy (non-hydrogen) atoms. The van der Waals surface area contributed by atoms with Crippen molar-refractivity contribution < 1.29 is 19.1 Å². The summed E-state index contributed by atoms with van der Waals surface area (Å²) in [6.07, 6.45) is 17.0. The van der Waals surface area contributed by atoms with E-state index in [9.17, 15) is 9.59 Å². The second-order valence-electron chi connectivity index (χ2n) is 8.60. The average molecular weight is 467 g/mol. The molecule has 0 aliphatic carbocycles. The van der Waals surface area contributed by atoms with Gasteiger partial charge in [-0.25, -0.2) is 9.97 Å². The van der Waals surface area contributed by atoms with Crippen molar-refractivity contribution in [3.8, 4) is 17.1 Å². The first-order valence-electron chi connectivity index (χ1n) is 12.4. The summed E-state index contributed by atoms with van der Waals surface area (Å²) in [5, 5.41) is 0. The molecular formula is C28H38N2O4. The van der Waals surface area contributed by atoms with E-state index in [1.807, 2.05) is 31.2 Å². The summed E-state index contributed by atoms with van der Waals surface area (Å²) in [6.45, 7) is 5.56. The number of unbranched alkanes of at least 4 members (excludes halogenated alkanes) is 5. The van der Waals surface area contributed by atoms with E-state index in [4.69, 9.17) is 9.47 Å². The number of rotatable bonds is 15. The van der Waals surface area contributed by atoms with Gasteiger partial charge in [-0.1, -0.05) is 62.6 Å². The second-order valence-corrected chi connectivity index (χ2v) is 8.60. The lowest BCUT2D eigenvalue weighted by Gasteiger charge is -2.11. The fraction of sp³-hybridized carbons (Fsp3) is 0.500. The van der Waals surface area contributed by atoms with Crippen LogP contribution in [-0.4, -0.2) is 28.0 Å². The molecule has 0 aliphatic heterocycles. The number of hydrogen-bond acceptors (Lipinski definition) is 6. The van der Waals surface area contributed by atoms with Crippen LogP contribution in [0.5, 0.6) is 5.75 Å². The van der Waals surface area contributed by atoms with E-state index in [0.717, 1.165) is 44.1 Å². The standard InChI is InChI=1S/C28H38N2O4/c1-4-5-6-7-8-9-10-15-27(32)34-26-20-29-28(30-21-26)25-18-16-24(17-19-25)14-12-11-13-22(2)33-23(3)31/h9-10,16-22H,4-8,11-15H2,1-3H3/b10-9-. The number of ether oxygens (including phenoxy) is 2. The summed E-state index contributed by atoms with van der Waals surface area (Å²) in [7, 11) is 0. The van der Waals surface area contributed by atoms with Gasteiger partial charge in [0.2, 0.25) is 0 Å². The summed E-state index contributed by atoms with van der Waals surface area (Å²) < 4.78 is 10.5. The lowest BCUT2D eigenvalue weighted by atomic mass is 10.0. The molecule has 1 atom stereocenters. The normalized spacial score (nSPS) is 12.0. The highest BCUT2D eigenvalue weighted by Crippen LogP contribution is 2.19. The highest BCUT2D eigenvalue weighted by atomic mass is 16.5. The second kappa shape index (κ2) is 15.8.